The Labute approximate surface area is 190 Å². The lowest BCUT2D eigenvalue weighted by atomic mass is 10.0. The lowest BCUT2D eigenvalue weighted by Gasteiger charge is -2.38. The molecular weight excluding hydrogens is 427 g/mol. The van der Waals surface area contributed by atoms with Crippen molar-refractivity contribution in [3.8, 4) is 11.1 Å². The Morgan fingerprint density at radius 1 is 0.848 bits per heavy atom. The smallest absolute Gasteiger partial charge is 0.325 e. The number of benzene rings is 3. The van der Waals surface area contributed by atoms with Crippen molar-refractivity contribution >= 4 is 11.6 Å². The van der Waals surface area contributed by atoms with Crippen molar-refractivity contribution in [3.63, 3.8) is 0 Å². The predicted molar refractivity (Wildman–Crippen MR) is 122 cm³/mol. The van der Waals surface area contributed by atoms with E-state index in [1.54, 1.807) is 0 Å². The largest absolute Gasteiger partial charge is 0.416 e. The van der Waals surface area contributed by atoms with Gasteiger partial charge in [-0.3, -0.25) is 14.6 Å². The van der Waals surface area contributed by atoms with Gasteiger partial charge in [-0.2, -0.15) is 13.2 Å². The second-order valence-corrected chi connectivity index (χ2v) is 8.52. The van der Waals surface area contributed by atoms with Gasteiger partial charge in [0.25, 0.3) is 0 Å². The maximum atomic E-state index is 12.9. The van der Waals surface area contributed by atoms with Crippen LogP contribution in [0.2, 0.25) is 0 Å². The zero-order chi connectivity index (χ0) is 23.0. The number of anilines is 1. The highest BCUT2D eigenvalue weighted by molar-refractivity contribution is 5.92. The van der Waals surface area contributed by atoms with Gasteiger partial charge in [0.15, 0.2) is 0 Å². The minimum atomic E-state index is -4.44. The second-order valence-electron chi connectivity index (χ2n) is 8.52. The van der Waals surface area contributed by atoms with Crippen LogP contribution in [0.3, 0.4) is 0 Å². The summed E-state index contributed by atoms with van der Waals surface area (Å²) in [5, 5.41) is 2.60. The number of amides is 1. The molecule has 33 heavy (non-hydrogen) atoms. The number of fused-ring (bicyclic) bond motifs is 3. The molecule has 0 unspecified atom stereocenters. The molecule has 3 aromatic rings. The summed E-state index contributed by atoms with van der Waals surface area (Å²) in [4.78, 5) is 17.0. The molecule has 3 aromatic carbocycles. The van der Waals surface area contributed by atoms with Crippen molar-refractivity contribution in [2.45, 2.75) is 12.2 Å². The molecule has 1 fully saturated rings. The fourth-order valence-corrected chi connectivity index (χ4v) is 4.88. The Morgan fingerprint density at radius 3 is 2.06 bits per heavy atom. The molecule has 1 amide bonds. The molecule has 1 aliphatic heterocycles. The highest BCUT2D eigenvalue weighted by Crippen LogP contribution is 2.46. The van der Waals surface area contributed by atoms with E-state index in [1.807, 2.05) is 4.90 Å². The van der Waals surface area contributed by atoms with Crippen molar-refractivity contribution in [1.82, 2.24) is 9.80 Å². The zero-order valence-electron chi connectivity index (χ0n) is 18.0. The maximum absolute atomic E-state index is 12.9. The van der Waals surface area contributed by atoms with E-state index >= 15 is 0 Å². The predicted octanol–water partition coefficient (Wildman–Crippen LogP) is 5.03. The van der Waals surface area contributed by atoms with Crippen molar-refractivity contribution < 1.29 is 18.0 Å². The zero-order valence-corrected chi connectivity index (χ0v) is 18.0. The maximum Gasteiger partial charge on any atom is 0.416 e. The summed E-state index contributed by atoms with van der Waals surface area (Å²) in [7, 11) is 0. The van der Waals surface area contributed by atoms with Crippen LogP contribution in [0.15, 0.2) is 72.8 Å². The van der Waals surface area contributed by atoms with E-state index in [0.717, 1.165) is 38.3 Å². The molecule has 0 saturated carbocycles. The van der Waals surface area contributed by atoms with Crippen molar-refractivity contribution in [2.75, 3.05) is 38.0 Å². The van der Waals surface area contributed by atoms with Crippen LogP contribution in [0.4, 0.5) is 18.9 Å². The Kier molecular flexibility index (Phi) is 5.68. The Morgan fingerprint density at radius 2 is 1.45 bits per heavy atom. The van der Waals surface area contributed by atoms with Gasteiger partial charge in [0.05, 0.1) is 18.2 Å². The molecule has 0 aromatic heterocycles. The van der Waals surface area contributed by atoms with Crippen LogP contribution in [-0.2, 0) is 11.0 Å². The molecule has 0 bridgehead atoms. The van der Waals surface area contributed by atoms with Gasteiger partial charge in [-0.25, -0.2) is 0 Å². The fraction of sp³-hybridized carbons (Fsp3) is 0.269. The number of hydrogen-bond acceptors (Lipinski definition) is 3. The molecule has 4 nitrogen and oxygen atoms in total. The summed E-state index contributed by atoms with van der Waals surface area (Å²) < 4.78 is 38.7. The number of nitrogens with zero attached hydrogens (tertiary/aromatic N) is 2. The number of carbonyl (C=O) groups excluding carboxylic acids is 1. The first-order chi connectivity index (χ1) is 15.9. The summed E-state index contributed by atoms with van der Waals surface area (Å²) >= 11 is 0. The lowest BCUT2D eigenvalue weighted by Crippen LogP contribution is -2.49. The van der Waals surface area contributed by atoms with Gasteiger partial charge >= 0.3 is 6.18 Å². The molecule has 5 rings (SSSR count). The van der Waals surface area contributed by atoms with E-state index in [2.05, 4.69) is 58.7 Å². The number of carbonyl (C=O) groups is 1. The average molecular weight is 451 g/mol. The van der Waals surface area contributed by atoms with Gasteiger partial charge in [0, 0.05) is 31.9 Å². The SMILES string of the molecule is O=C(CN1CCN(C2c3ccccc3-c3ccccc32)CC1)Nc1cccc(C(F)(F)F)c1. The molecule has 2 aliphatic rings. The highest BCUT2D eigenvalue weighted by Gasteiger charge is 2.34. The third-order valence-electron chi connectivity index (χ3n) is 6.41. The minimum absolute atomic E-state index is 0.155. The minimum Gasteiger partial charge on any atom is -0.325 e. The Hall–Kier alpha value is -3.16. The first-order valence-electron chi connectivity index (χ1n) is 11.0. The van der Waals surface area contributed by atoms with E-state index in [4.69, 9.17) is 0 Å². The van der Waals surface area contributed by atoms with E-state index < -0.39 is 11.7 Å². The average Bonchev–Trinajstić information content (AvgIpc) is 3.14. The van der Waals surface area contributed by atoms with Crippen LogP contribution in [0.1, 0.15) is 22.7 Å². The van der Waals surface area contributed by atoms with Gasteiger partial charge < -0.3 is 5.32 Å². The summed E-state index contributed by atoms with van der Waals surface area (Å²) in [6, 6.07) is 21.9. The molecule has 0 atom stereocenters. The van der Waals surface area contributed by atoms with Gasteiger partial charge in [0.2, 0.25) is 5.91 Å². The monoisotopic (exact) mass is 451 g/mol. The highest BCUT2D eigenvalue weighted by atomic mass is 19.4. The Bertz CT molecular complexity index is 1120. The number of piperazine rings is 1. The lowest BCUT2D eigenvalue weighted by molar-refractivity contribution is -0.137. The van der Waals surface area contributed by atoms with Crippen molar-refractivity contribution in [1.29, 1.82) is 0 Å². The van der Waals surface area contributed by atoms with E-state index in [9.17, 15) is 18.0 Å². The quantitative estimate of drug-likeness (QED) is 0.604. The fourth-order valence-electron chi connectivity index (χ4n) is 4.88. The molecule has 1 saturated heterocycles. The molecule has 1 heterocycles. The summed E-state index contributed by atoms with van der Waals surface area (Å²) in [6.45, 7) is 3.21. The van der Waals surface area contributed by atoms with Gasteiger partial charge in [-0.05, 0) is 40.5 Å². The number of nitrogens with one attached hydrogen (secondary N) is 1. The summed E-state index contributed by atoms with van der Waals surface area (Å²) in [5.41, 5.74) is 4.57. The normalized spacial score (nSPS) is 16.9. The van der Waals surface area contributed by atoms with Crippen LogP contribution in [0.5, 0.6) is 0 Å². The number of halogens is 3. The first-order valence-corrected chi connectivity index (χ1v) is 11.0. The van der Waals surface area contributed by atoms with E-state index in [-0.39, 0.29) is 24.2 Å². The van der Waals surface area contributed by atoms with Gasteiger partial charge in [0.1, 0.15) is 0 Å². The van der Waals surface area contributed by atoms with Crippen LogP contribution in [-0.4, -0.2) is 48.4 Å². The molecule has 1 aliphatic carbocycles. The number of hydrogen-bond donors (Lipinski definition) is 1. The van der Waals surface area contributed by atoms with Crippen LogP contribution in [0.25, 0.3) is 11.1 Å². The third-order valence-corrected chi connectivity index (χ3v) is 6.41. The number of rotatable bonds is 4. The standard InChI is InChI=1S/C26H24F3N3O/c27-26(28,29)18-6-5-7-19(16-18)30-24(33)17-31-12-14-32(15-13-31)25-22-10-3-1-8-20(22)21-9-2-4-11-23(21)25/h1-11,16,25H,12-15,17H2,(H,30,33). The molecule has 7 heteroatoms. The van der Waals surface area contributed by atoms with Crippen LogP contribution < -0.4 is 5.32 Å². The van der Waals surface area contributed by atoms with Crippen molar-refractivity contribution in [3.05, 3.63) is 89.5 Å². The first kappa shape index (κ1) is 21.7. The van der Waals surface area contributed by atoms with E-state index in [1.165, 1.54) is 34.4 Å². The second kappa shape index (κ2) is 8.65. The number of alkyl halides is 3. The summed E-state index contributed by atoms with van der Waals surface area (Å²) in [6.07, 6.45) is -4.44. The molecule has 0 radical (unpaired) electrons. The van der Waals surface area contributed by atoms with Crippen LogP contribution >= 0.6 is 0 Å². The third kappa shape index (κ3) is 4.38. The Balaban J connectivity index is 1.21. The van der Waals surface area contributed by atoms with E-state index in [0.29, 0.717) is 0 Å². The topological polar surface area (TPSA) is 35.6 Å². The molecular formula is C26H24F3N3O. The molecule has 1 N–H and O–H groups in total. The molecule has 0 spiro atoms. The van der Waals surface area contributed by atoms with Gasteiger partial charge in [-0.1, -0.05) is 54.6 Å². The summed E-state index contributed by atoms with van der Waals surface area (Å²) in [5.74, 6) is -0.306. The van der Waals surface area contributed by atoms with Crippen LogP contribution in [0, 0.1) is 0 Å². The molecule has 170 valence electrons. The van der Waals surface area contributed by atoms with Gasteiger partial charge in [-0.15, -0.1) is 0 Å². The van der Waals surface area contributed by atoms with Crippen molar-refractivity contribution in [2.24, 2.45) is 0 Å².